The Kier molecular flexibility index (Phi) is 2.79. The Hall–Kier alpha value is -1.27. The van der Waals surface area contributed by atoms with Crippen molar-refractivity contribution < 1.29 is 5.11 Å². The van der Waals surface area contributed by atoms with E-state index in [1.165, 1.54) is 11.5 Å². The number of rotatable bonds is 3. The molecule has 0 fully saturated rings. The van der Waals surface area contributed by atoms with Gasteiger partial charge in [-0.1, -0.05) is 4.49 Å². The molecule has 2 aromatic rings. The monoisotopic (exact) mass is 224 g/mol. The summed E-state index contributed by atoms with van der Waals surface area (Å²) in [6.07, 6.45) is 1.60. The van der Waals surface area contributed by atoms with E-state index in [1.54, 1.807) is 10.9 Å². The van der Waals surface area contributed by atoms with Gasteiger partial charge in [-0.25, -0.2) is 0 Å². The molecule has 1 atom stereocenters. The lowest BCUT2D eigenvalue weighted by Crippen LogP contribution is -2.05. The third-order valence-electron chi connectivity index (χ3n) is 2.21. The van der Waals surface area contributed by atoms with Gasteiger partial charge in [0.15, 0.2) is 0 Å². The SMILES string of the molecule is Cc1cc(CC(O)c2cnns2)n(C)n1. The maximum absolute atomic E-state index is 9.89. The first kappa shape index (κ1) is 10.3. The minimum absolute atomic E-state index is 0.542. The topological polar surface area (TPSA) is 63.8 Å². The number of aromatic nitrogens is 4. The largest absolute Gasteiger partial charge is 0.387 e. The van der Waals surface area contributed by atoms with Crippen molar-refractivity contribution in [3.05, 3.63) is 28.5 Å². The molecule has 0 spiro atoms. The fourth-order valence-electron chi connectivity index (χ4n) is 1.48. The van der Waals surface area contributed by atoms with E-state index in [0.29, 0.717) is 6.42 Å². The van der Waals surface area contributed by atoms with Gasteiger partial charge in [-0.2, -0.15) is 5.10 Å². The number of nitrogens with zero attached hydrogens (tertiary/aromatic N) is 4. The standard InChI is InChI=1S/C9H12N4OS/c1-6-3-7(13(2)11-6)4-8(14)9-5-10-12-15-9/h3,5,8,14H,4H2,1-2H3. The summed E-state index contributed by atoms with van der Waals surface area (Å²) in [7, 11) is 1.87. The molecule has 0 saturated carbocycles. The summed E-state index contributed by atoms with van der Waals surface area (Å²) >= 11 is 1.22. The highest BCUT2D eigenvalue weighted by atomic mass is 32.1. The molecule has 5 nitrogen and oxygen atoms in total. The predicted octanol–water partition coefficient (Wildman–Crippen LogP) is 0.856. The van der Waals surface area contributed by atoms with Crippen LogP contribution in [0.5, 0.6) is 0 Å². The van der Waals surface area contributed by atoms with Crippen LogP contribution in [0.3, 0.4) is 0 Å². The molecule has 0 radical (unpaired) electrons. The Bertz CT molecular complexity index is 437. The zero-order valence-electron chi connectivity index (χ0n) is 8.58. The Morgan fingerprint density at radius 1 is 1.60 bits per heavy atom. The van der Waals surface area contributed by atoms with Crippen LogP contribution in [0.2, 0.25) is 0 Å². The average Bonchev–Trinajstić information content (AvgIpc) is 2.76. The third kappa shape index (κ3) is 2.21. The van der Waals surface area contributed by atoms with Crippen molar-refractivity contribution in [3.63, 3.8) is 0 Å². The number of aryl methyl sites for hydroxylation is 2. The fraction of sp³-hybridized carbons (Fsp3) is 0.444. The fourth-order valence-corrected chi connectivity index (χ4v) is 1.96. The third-order valence-corrected chi connectivity index (χ3v) is 2.97. The van der Waals surface area contributed by atoms with Crippen LogP contribution < -0.4 is 0 Å². The van der Waals surface area contributed by atoms with E-state index >= 15 is 0 Å². The van der Waals surface area contributed by atoms with Gasteiger partial charge >= 0.3 is 0 Å². The van der Waals surface area contributed by atoms with Gasteiger partial charge < -0.3 is 5.11 Å². The minimum Gasteiger partial charge on any atom is -0.387 e. The summed E-state index contributed by atoms with van der Waals surface area (Å²) in [6, 6.07) is 1.97. The van der Waals surface area contributed by atoms with Crippen molar-refractivity contribution in [1.29, 1.82) is 0 Å². The zero-order chi connectivity index (χ0) is 10.8. The van der Waals surface area contributed by atoms with Crippen LogP contribution in [0.1, 0.15) is 22.4 Å². The Labute approximate surface area is 91.5 Å². The molecule has 0 aromatic carbocycles. The molecule has 0 saturated heterocycles. The molecule has 0 aliphatic carbocycles. The molecule has 6 heteroatoms. The summed E-state index contributed by atoms with van der Waals surface area (Å²) in [5.74, 6) is 0. The van der Waals surface area contributed by atoms with Crippen molar-refractivity contribution in [2.24, 2.45) is 7.05 Å². The average molecular weight is 224 g/mol. The van der Waals surface area contributed by atoms with Gasteiger partial charge in [-0.05, 0) is 24.5 Å². The Morgan fingerprint density at radius 3 is 2.93 bits per heavy atom. The smallest absolute Gasteiger partial charge is 0.0969 e. The highest BCUT2D eigenvalue weighted by molar-refractivity contribution is 7.05. The van der Waals surface area contributed by atoms with Crippen LogP contribution in [0.25, 0.3) is 0 Å². The van der Waals surface area contributed by atoms with Crippen LogP contribution in [0.4, 0.5) is 0 Å². The molecular formula is C9H12N4OS. The van der Waals surface area contributed by atoms with Gasteiger partial charge in [0.05, 0.1) is 22.9 Å². The van der Waals surface area contributed by atoms with Gasteiger partial charge in [-0.15, -0.1) is 5.10 Å². The number of aliphatic hydroxyl groups is 1. The first-order valence-corrected chi connectivity index (χ1v) is 5.39. The quantitative estimate of drug-likeness (QED) is 0.839. The maximum Gasteiger partial charge on any atom is 0.0969 e. The molecule has 0 bridgehead atoms. The van der Waals surface area contributed by atoms with E-state index < -0.39 is 6.10 Å². The molecular weight excluding hydrogens is 212 g/mol. The van der Waals surface area contributed by atoms with Gasteiger partial charge in [-0.3, -0.25) is 4.68 Å². The summed E-state index contributed by atoms with van der Waals surface area (Å²) in [4.78, 5) is 0.786. The van der Waals surface area contributed by atoms with Crippen molar-refractivity contribution in [2.75, 3.05) is 0 Å². The summed E-state index contributed by atoms with van der Waals surface area (Å²) < 4.78 is 5.51. The maximum atomic E-state index is 9.89. The van der Waals surface area contributed by atoms with Crippen molar-refractivity contribution in [2.45, 2.75) is 19.4 Å². The summed E-state index contributed by atoms with van der Waals surface area (Å²) in [5.41, 5.74) is 1.97. The predicted molar refractivity (Wildman–Crippen MR) is 56.5 cm³/mol. The molecule has 2 aromatic heterocycles. The van der Waals surface area contributed by atoms with E-state index in [-0.39, 0.29) is 0 Å². The highest BCUT2D eigenvalue weighted by Crippen LogP contribution is 2.19. The number of hydrogen-bond acceptors (Lipinski definition) is 5. The molecule has 80 valence electrons. The number of aliphatic hydroxyl groups excluding tert-OH is 1. The molecule has 0 aliphatic heterocycles. The second kappa shape index (κ2) is 4.08. The minimum atomic E-state index is -0.542. The van der Waals surface area contributed by atoms with Crippen LogP contribution in [0.15, 0.2) is 12.3 Å². The normalized spacial score (nSPS) is 13.0. The lowest BCUT2D eigenvalue weighted by atomic mass is 10.2. The number of hydrogen-bond donors (Lipinski definition) is 1. The van der Waals surface area contributed by atoms with Crippen LogP contribution in [0, 0.1) is 6.92 Å². The lowest BCUT2D eigenvalue weighted by Gasteiger charge is -2.06. The first-order valence-electron chi connectivity index (χ1n) is 4.61. The molecule has 2 rings (SSSR count). The second-order valence-corrected chi connectivity index (χ2v) is 4.26. The molecule has 0 amide bonds. The molecule has 1 N–H and O–H groups in total. The van der Waals surface area contributed by atoms with Crippen molar-refractivity contribution in [1.82, 2.24) is 19.4 Å². The van der Waals surface area contributed by atoms with Gasteiger partial charge in [0.2, 0.25) is 0 Å². The van der Waals surface area contributed by atoms with E-state index in [9.17, 15) is 5.11 Å². The molecule has 15 heavy (non-hydrogen) atoms. The van der Waals surface area contributed by atoms with Crippen LogP contribution >= 0.6 is 11.5 Å². The van der Waals surface area contributed by atoms with Gasteiger partial charge in [0.25, 0.3) is 0 Å². The summed E-state index contributed by atoms with van der Waals surface area (Å²) in [6.45, 7) is 1.93. The van der Waals surface area contributed by atoms with Gasteiger partial charge in [0, 0.05) is 19.2 Å². The summed E-state index contributed by atoms with van der Waals surface area (Å²) in [5, 5.41) is 17.8. The van der Waals surface area contributed by atoms with E-state index in [0.717, 1.165) is 16.3 Å². The Balaban J connectivity index is 2.12. The highest BCUT2D eigenvalue weighted by Gasteiger charge is 2.13. The van der Waals surface area contributed by atoms with Crippen molar-refractivity contribution in [3.8, 4) is 0 Å². The van der Waals surface area contributed by atoms with E-state index in [4.69, 9.17) is 0 Å². The molecule has 0 aliphatic rings. The van der Waals surface area contributed by atoms with Crippen LogP contribution in [-0.4, -0.2) is 24.5 Å². The molecule has 1 unspecified atom stereocenters. The van der Waals surface area contributed by atoms with E-state index in [1.807, 2.05) is 20.0 Å². The first-order chi connectivity index (χ1) is 7.16. The zero-order valence-corrected chi connectivity index (χ0v) is 9.40. The Morgan fingerprint density at radius 2 is 2.40 bits per heavy atom. The van der Waals surface area contributed by atoms with E-state index in [2.05, 4.69) is 14.7 Å². The van der Waals surface area contributed by atoms with Crippen molar-refractivity contribution >= 4 is 11.5 Å². The van der Waals surface area contributed by atoms with Crippen LogP contribution in [-0.2, 0) is 13.5 Å². The lowest BCUT2D eigenvalue weighted by molar-refractivity contribution is 0.179. The second-order valence-electron chi connectivity index (χ2n) is 3.44. The molecule has 2 heterocycles. The van der Waals surface area contributed by atoms with Gasteiger partial charge in [0.1, 0.15) is 0 Å².